The number of nitrogens with one attached hydrogen (secondary N) is 1. The summed E-state index contributed by atoms with van der Waals surface area (Å²) >= 11 is 0. The first kappa shape index (κ1) is 20.6. The summed E-state index contributed by atoms with van der Waals surface area (Å²) < 4.78 is 49.3. The Kier molecular flexibility index (Phi) is 6.97. The molecule has 0 fully saturated rings. The van der Waals surface area contributed by atoms with Gasteiger partial charge in [-0.1, -0.05) is 32.0 Å². The van der Waals surface area contributed by atoms with Crippen molar-refractivity contribution >= 4 is 18.3 Å². The van der Waals surface area contributed by atoms with Gasteiger partial charge in [0.15, 0.2) is 0 Å². The molecule has 0 saturated heterocycles. The summed E-state index contributed by atoms with van der Waals surface area (Å²) in [7, 11) is -7.25. The summed E-state index contributed by atoms with van der Waals surface area (Å²) in [5, 5.41) is 0. The van der Waals surface area contributed by atoms with E-state index in [9.17, 15) is 13.0 Å². The first-order chi connectivity index (χ1) is 12.3. The molecule has 2 rings (SSSR count). The van der Waals surface area contributed by atoms with Crippen molar-refractivity contribution in [2.75, 3.05) is 0 Å². The smallest absolute Gasteiger partial charge is 0.318 e. The van der Waals surface area contributed by atoms with Crippen LogP contribution in [-0.4, -0.2) is 19.0 Å². The van der Waals surface area contributed by atoms with Gasteiger partial charge in [-0.3, -0.25) is 9.09 Å². The van der Waals surface area contributed by atoms with Crippen LogP contribution in [-0.2, 0) is 19.1 Å². The predicted octanol–water partition coefficient (Wildman–Crippen LogP) is 3.67. The van der Waals surface area contributed by atoms with Crippen LogP contribution in [0.4, 0.5) is 0 Å². The molecule has 26 heavy (non-hydrogen) atoms. The highest BCUT2D eigenvalue weighted by atomic mass is 32.2. The number of hydrogen-bond donors (Lipinski definition) is 2. The lowest BCUT2D eigenvalue weighted by molar-refractivity contribution is 0.0455. The monoisotopic (exact) mass is 399 g/mol. The Morgan fingerprint density at radius 1 is 1.00 bits per heavy atom. The van der Waals surface area contributed by atoms with Gasteiger partial charge in [-0.05, 0) is 49.2 Å². The van der Waals surface area contributed by atoms with Gasteiger partial charge in [-0.25, -0.2) is 8.42 Å². The lowest BCUT2D eigenvalue weighted by Crippen LogP contribution is -2.48. The number of benzene rings is 2. The van der Waals surface area contributed by atoms with Crippen LogP contribution < -0.4 is 9.46 Å². The fourth-order valence-corrected chi connectivity index (χ4v) is 4.52. The Hall–Kier alpha value is -1.70. The molecule has 0 aromatic heterocycles. The lowest BCUT2D eigenvalue weighted by atomic mass is 10.1. The molecular formula is C17H22NO6PS. The van der Waals surface area contributed by atoms with Gasteiger partial charge in [0.25, 0.3) is 0 Å². The Labute approximate surface area is 154 Å². The van der Waals surface area contributed by atoms with E-state index in [4.69, 9.17) is 14.2 Å². The van der Waals surface area contributed by atoms with Crippen LogP contribution in [0.25, 0.3) is 0 Å². The summed E-state index contributed by atoms with van der Waals surface area (Å²) in [6.07, 6.45) is 0.407. The van der Waals surface area contributed by atoms with Crippen molar-refractivity contribution in [1.29, 1.82) is 0 Å². The summed E-state index contributed by atoms with van der Waals surface area (Å²) in [6.45, 7) is 3.35. The van der Waals surface area contributed by atoms with Gasteiger partial charge >= 0.3 is 8.25 Å². The average Bonchev–Trinajstić information content (AvgIpc) is 2.62. The van der Waals surface area contributed by atoms with Gasteiger partial charge in [0.05, 0.1) is 4.90 Å². The first-order valence-corrected chi connectivity index (χ1v) is 10.8. The zero-order valence-electron chi connectivity index (χ0n) is 14.5. The van der Waals surface area contributed by atoms with Gasteiger partial charge in [0, 0.05) is 0 Å². The second-order valence-corrected chi connectivity index (χ2v) is 7.98. The first-order valence-electron chi connectivity index (χ1n) is 8.09. The molecule has 2 N–H and O–H groups in total. The van der Waals surface area contributed by atoms with Crippen molar-refractivity contribution in [3.05, 3.63) is 54.6 Å². The largest absolute Gasteiger partial charge is 0.457 e. The molecule has 9 heteroatoms. The highest BCUT2D eigenvalue weighted by Crippen LogP contribution is 2.31. The van der Waals surface area contributed by atoms with Crippen molar-refractivity contribution in [1.82, 2.24) is 4.72 Å². The van der Waals surface area contributed by atoms with Crippen molar-refractivity contribution in [2.24, 2.45) is 0 Å². The molecule has 0 spiro atoms. The Balaban J connectivity index is 2.19. The standard InChI is InChI=1S/C17H22NO6PS/c1-3-17(4-2,24-25(19)20)18-26(21,22)16-12-10-15(11-13-16)23-14-8-6-5-7-9-14/h5-13,18,25H,3-4H2,1-2H3,(H,19,20). The lowest BCUT2D eigenvalue weighted by Gasteiger charge is -2.30. The van der Waals surface area contributed by atoms with Crippen LogP contribution in [0.2, 0.25) is 0 Å². The molecule has 0 aliphatic carbocycles. The van der Waals surface area contributed by atoms with Crippen molar-refractivity contribution in [3.8, 4) is 11.5 Å². The third-order valence-electron chi connectivity index (χ3n) is 3.86. The molecule has 0 aliphatic heterocycles. The molecule has 0 heterocycles. The normalized spacial score (nSPS) is 13.3. The molecule has 2 aromatic rings. The van der Waals surface area contributed by atoms with Gasteiger partial charge < -0.3 is 9.63 Å². The zero-order valence-corrected chi connectivity index (χ0v) is 16.3. The fourth-order valence-electron chi connectivity index (χ4n) is 2.34. The molecule has 0 saturated carbocycles. The third-order valence-corrected chi connectivity index (χ3v) is 5.96. The maximum Gasteiger partial charge on any atom is 0.318 e. The second-order valence-electron chi connectivity index (χ2n) is 5.56. The Morgan fingerprint density at radius 3 is 2.04 bits per heavy atom. The molecule has 0 amide bonds. The van der Waals surface area contributed by atoms with Crippen molar-refractivity contribution in [3.63, 3.8) is 0 Å². The Bertz CT molecular complexity index is 835. The van der Waals surface area contributed by atoms with Gasteiger partial charge in [-0.15, -0.1) is 0 Å². The number of hydrogen-bond acceptors (Lipinski definition) is 5. The topological polar surface area (TPSA) is 102 Å². The number of ether oxygens (including phenoxy) is 1. The third kappa shape index (κ3) is 5.40. The minimum Gasteiger partial charge on any atom is -0.457 e. The molecule has 2 aromatic carbocycles. The summed E-state index contributed by atoms with van der Waals surface area (Å²) in [6, 6.07) is 15.0. The van der Waals surface area contributed by atoms with E-state index in [2.05, 4.69) is 4.72 Å². The SMILES string of the molecule is CCC(CC)(NS(=O)(=O)c1ccc(Oc2ccccc2)cc1)O[PH](=O)O. The van der Waals surface area contributed by atoms with Crippen LogP contribution in [0.5, 0.6) is 11.5 Å². The van der Waals surface area contributed by atoms with Gasteiger partial charge in [0.1, 0.15) is 17.2 Å². The van der Waals surface area contributed by atoms with E-state index in [0.717, 1.165) is 0 Å². The van der Waals surface area contributed by atoms with Crippen LogP contribution in [0.1, 0.15) is 26.7 Å². The van der Waals surface area contributed by atoms with Crippen molar-refractivity contribution < 1.29 is 27.1 Å². The fraction of sp³-hybridized carbons (Fsp3) is 0.294. The molecule has 7 nitrogen and oxygen atoms in total. The molecular weight excluding hydrogens is 377 g/mol. The van der Waals surface area contributed by atoms with Crippen LogP contribution in [0.15, 0.2) is 59.5 Å². The molecule has 0 radical (unpaired) electrons. The average molecular weight is 399 g/mol. The molecule has 1 atom stereocenters. The minimum atomic E-state index is -3.94. The van der Waals surface area contributed by atoms with E-state index in [-0.39, 0.29) is 17.7 Å². The maximum absolute atomic E-state index is 12.6. The van der Waals surface area contributed by atoms with E-state index >= 15 is 0 Å². The summed E-state index contributed by atoms with van der Waals surface area (Å²) in [4.78, 5) is 9.07. The number of para-hydroxylation sites is 1. The highest BCUT2D eigenvalue weighted by molar-refractivity contribution is 7.89. The molecule has 1 unspecified atom stereocenters. The van der Waals surface area contributed by atoms with Crippen LogP contribution >= 0.6 is 8.25 Å². The van der Waals surface area contributed by atoms with Crippen LogP contribution in [0.3, 0.4) is 0 Å². The van der Waals surface area contributed by atoms with E-state index in [1.807, 2.05) is 18.2 Å². The number of sulfonamides is 1. The highest BCUT2D eigenvalue weighted by Gasteiger charge is 2.34. The summed E-state index contributed by atoms with van der Waals surface area (Å²) in [5.74, 6) is 1.13. The van der Waals surface area contributed by atoms with E-state index < -0.39 is 24.0 Å². The maximum atomic E-state index is 12.6. The van der Waals surface area contributed by atoms with E-state index in [0.29, 0.717) is 11.5 Å². The number of rotatable bonds is 9. The van der Waals surface area contributed by atoms with Crippen molar-refractivity contribution in [2.45, 2.75) is 37.3 Å². The molecule has 0 bridgehead atoms. The molecule has 142 valence electrons. The van der Waals surface area contributed by atoms with E-state index in [1.54, 1.807) is 26.0 Å². The second kappa shape index (κ2) is 8.79. The van der Waals surface area contributed by atoms with Gasteiger partial charge in [-0.2, -0.15) is 4.72 Å². The predicted molar refractivity (Wildman–Crippen MR) is 98.9 cm³/mol. The zero-order chi connectivity index (χ0) is 19.2. The quantitative estimate of drug-likeness (QED) is 0.493. The Morgan fingerprint density at radius 2 is 1.54 bits per heavy atom. The molecule has 0 aliphatic rings. The van der Waals surface area contributed by atoms with Crippen LogP contribution in [0, 0.1) is 0 Å². The van der Waals surface area contributed by atoms with Gasteiger partial charge in [0.2, 0.25) is 10.0 Å². The summed E-state index contributed by atoms with van der Waals surface area (Å²) in [5.41, 5.74) is -1.43. The minimum absolute atomic E-state index is 0.00500. The van der Waals surface area contributed by atoms with E-state index in [1.165, 1.54) is 24.3 Å².